The topological polar surface area (TPSA) is 57.5 Å². The Morgan fingerprint density at radius 3 is 2.40 bits per heavy atom. The van der Waals surface area contributed by atoms with Gasteiger partial charge in [-0.15, -0.1) is 12.6 Å². The van der Waals surface area contributed by atoms with E-state index in [0.717, 1.165) is 0 Å². The fourth-order valence-electron chi connectivity index (χ4n) is 1.42. The number of thiol groups is 1. The third kappa shape index (κ3) is 3.93. The quantitative estimate of drug-likeness (QED) is 0.542. The van der Waals surface area contributed by atoms with Crippen LogP contribution in [0.4, 0.5) is 0 Å². The summed E-state index contributed by atoms with van der Waals surface area (Å²) in [6, 6.07) is 8.84. The van der Waals surface area contributed by atoms with Gasteiger partial charge in [0.2, 0.25) is 0 Å². The molecule has 0 radical (unpaired) electrons. The van der Waals surface area contributed by atoms with Crippen LogP contribution in [0.25, 0.3) is 0 Å². The molecule has 0 aliphatic carbocycles. The van der Waals surface area contributed by atoms with Crippen molar-refractivity contribution in [2.75, 3.05) is 0 Å². The van der Waals surface area contributed by atoms with E-state index in [1.807, 2.05) is 6.07 Å². The minimum absolute atomic E-state index is 0.0788. The van der Waals surface area contributed by atoms with Gasteiger partial charge in [-0.25, -0.2) is 0 Å². The lowest BCUT2D eigenvalue weighted by atomic mass is 9.93. The summed E-state index contributed by atoms with van der Waals surface area (Å²) in [5, 5.41) is 18.5. The maximum atomic E-state index is 11.0. The normalized spacial score (nSPS) is 16.7. The minimum atomic E-state index is -1.28. The summed E-state index contributed by atoms with van der Waals surface area (Å²) in [5.74, 6) is -1.67. The van der Waals surface area contributed by atoms with Crippen molar-refractivity contribution in [2.45, 2.75) is 24.2 Å². The average Bonchev–Trinajstić information content (AvgIpc) is 2.14. The first-order valence-electron chi connectivity index (χ1n) is 4.62. The zero-order valence-electron chi connectivity index (χ0n) is 8.42. The van der Waals surface area contributed by atoms with Crippen LogP contribution >= 0.6 is 12.6 Å². The highest BCUT2D eigenvalue weighted by atomic mass is 32.1. The van der Waals surface area contributed by atoms with Crippen molar-refractivity contribution in [3.8, 4) is 0 Å². The zero-order valence-corrected chi connectivity index (χ0v) is 9.32. The molecular formula is C11H14O3S. The third-order valence-electron chi connectivity index (χ3n) is 2.09. The van der Waals surface area contributed by atoms with Crippen LogP contribution in [-0.2, 0) is 4.79 Å². The van der Waals surface area contributed by atoms with E-state index >= 15 is 0 Å². The van der Waals surface area contributed by atoms with Crippen LogP contribution in [0.15, 0.2) is 30.3 Å². The van der Waals surface area contributed by atoms with E-state index in [9.17, 15) is 9.90 Å². The fourth-order valence-corrected chi connectivity index (χ4v) is 1.60. The molecule has 0 aliphatic rings. The molecule has 3 nitrogen and oxygen atoms in total. The lowest BCUT2D eigenvalue weighted by molar-refractivity contribution is -0.139. The van der Waals surface area contributed by atoms with Gasteiger partial charge >= 0.3 is 5.97 Å². The van der Waals surface area contributed by atoms with Crippen molar-refractivity contribution >= 4 is 18.6 Å². The largest absolute Gasteiger partial charge is 0.481 e. The molecule has 1 aromatic rings. The smallest absolute Gasteiger partial charge is 0.311 e. The SMILES string of the molecule is CC(O)(S)CC(C(=O)O)c1ccccc1. The molecule has 0 aromatic heterocycles. The van der Waals surface area contributed by atoms with E-state index < -0.39 is 16.8 Å². The predicted octanol–water partition coefficient (Wildman–Crippen LogP) is 1.88. The molecule has 1 aromatic carbocycles. The first-order valence-corrected chi connectivity index (χ1v) is 5.07. The fraction of sp³-hybridized carbons (Fsp3) is 0.364. The number of benzene rings is 1. The van der Waals surface area contributed by atoms with Gasteiger partial charge in [0, 0.05) is 6.42 Å². The maximum Gasteiger partial charge on any atom is 0.311 e. The Balaban J connectivity index is 2.90. The van der Waals surface area contributed by atoms with Gasteiger partial charge < -0.3 is 10.2 Å². The Kier molecular flexibility index (Phi) is 3.77. The second-order valence-corrected chi connectivity index (χ2v) is 4.69. The third-order valence-corrected chi connectivity index (χ3v) is 2.27. The summed E-state index contributed by atoms with van der Waals surface area (Å²) < 4.78 is 0. The number of carboxylic acids is 1. The van der Waals surface area contributed by atoms with Crippen molar-refractivity contribution in [3.05, 3.63) is 35.9 Å². The van der Waals surface area contributed by atoms with E-state index in [1.165, 1.54) is 6.92 Å². The summed E-state index contributed by atoms with van der Waals surface area (Å²) >= 11 is 3.93. The number of hydrogen-bond donors (Lipinski definition) is 3. The summed E-state index contributed by atoms with van der Waals surface area (Å²) in [4.78, 5) is 9.75. The molecule has 15 heavy (non-hydrogen) atoms. The van der Waals surface area contributed by atoms with Gasteiger partial charge in [0.15, 0.2) is 0 Å². The van der Waals surface area contributed by atoms with E-state index in [4.69, 9.17) is 5.11 Å². The molecule has 0 spiro atoms. The van der Waals surface area contributed by atoms with E-state index in [1.54, 1.807) is 24.3 Å². The Hall–Kier alpha value is -1.00. The molecule has 2 atom stereocenters. The molecule has 0 saturated heterocycles. The van der Waals surface area contributed by atoms with E-state index in [-0.39, 0.29) is 6.42 Å². The lowest BCUT2D eigenvalue weighted by Gasteiger charge is -2.21. The van der Waals surface area contributed by atoms with Gasteiger partial charge in [-0.2, -0.15) is 0 Å². The number of rotatable bonds is 4. The van der Waals surface area contributed by atoms with Crippen LogP contribution in [-0.4, -0.2) is 21.1 Å². The molecule has 2 unspecified atom stereocenters. The van der Waals surface area contributed by atoms with E-state index in [0.29, 0.717) is 5.56 Å². The molecule has 0 saturated carbocycles. The zero-order chi connectivity index (χ0) is 11.5. The molecule has 4 heteroatoms. The predicted molar refractivity (Wildman–Crippen MR) is 61.0 cm³/mol. The van der Waals surface area contributed by atoms with Gasteiger partial charge in [0.25, 0.3) is 0 Å². The van der Waals surface area contributed by atoms with Crippen LogP contribution < -0.4 is 0 Å². The average molecular weight is 226 g/mol. The monoisotopic (exact) mass is 226 g/mol. The summed E-state index contributed by atoms with van der Waals surface area (Å²) in [7, 11) is 0. The molecule has 2 N–H and O–H groups in total. The first-order chi connectivity index (χ1) is 6.90. The standard InChI is InChI=1S/C11H14O3S/c1-11(14,15)7-9(10(12)13)8-5-3-2-4-6-8/h2-6,9,14-15H,7H2,1H3,(H,12,13). The van der Waals surface area contributed by atoms with Crippen LogP contribution in [0.5, 0.6) is 0 Å². The summed E-state index contributed by atoms with van der Waals surface area (Å²) in [5.41, 5.74) is 0.680. The Morgan fingerprint density at radius 1 is 1.47 bits per heavy atom. The first kappa shape index (κ1) is 12.1. The molecule has 0 bridgehead atoms. The Labute approximate surface area is 94.2 Å². The second-order valence-electron chi connectivity index (χ2n) is 3.72. The molecule has 0 amide bonds. The number of carbonyl (C=O) groups is 1. The maximum absolute atomic E-state index is 11.0. The van der Waals surface area contributed by atoms with Crippen LogP contribution in [0.1, 0.15) is 24.8 Å². The molecule has 0 aliphatic heterocycles. The lowest BCUT2D eigenvalue weighted by Crippen LogP contribution is -2.24. The number of aliphatic carboxylic acids is 1. The van der Waals surface area contributed by atoms with E-state index in [2.05, 4.69) is 12.6 Å². The molecule has 1 rings (SSSR count). The van der Waals surface area contributed by atoms with Crippen molar-refractivity contribution in [2.24, 2.45) is 0 Å². The van der Waals surface area contributed by atoms with Crippen molar-refractivity contribution in [1.29, 1.82) is 0 Å². The Morgan fingerprint density at radius 2 is 2.00 bits per heavy atom. The highest BCUT2D eigenvalue weighted by molar-refractivity contribution is 7.81. The highest BCUT2D eigenvalue weighted by Crippen LogP contribution is 2.28. The molecule has 0 fully saturated rings. The molecule has 0 heterocycles. The van der Waals surface area contributed by atoms with Crippen LogP contribution in [0.2, 0.25) is 0 Å². The number of aliphatic hydroxyl groups is 1. The molecular weight excluding hydrogens is 212 g/mol. The second kappa shape index (κ2) is 4.68. The van der Waals surface area contributed by atoms with Crippen LogP contribution in [0, 0.1) is 0 Å². The van der Waals surface area contributed by atoms with Crippen molar-refractivity contribution in [3.63, 3.8) is 0 Å². The Bertz CT molecular complexity index is 329. The van der Waals surface area contributed by atoms with Gasteiger partial charge in [0.05, 0.1) is 5.92 Å². The summed E-state index contributed by atoms with van der Waals surface area (Å²) in [6.45, 7) is 1.48. The van der Waals surface area contributed by atoms with Crippen LogP contribution in [0.3, 0.4) is 0 Å². The van der Waals surface area contributed by atoms with Gasteiger partial charge in [-0.3, -0.25) is 4.79 Å². The van der Waals surface area contributed by atoms with Gasteiger partial charge in [0.1, 0.15) is 4.93 Å². The molecule has 82 valence electrons. The van der Waals surface area contributed by atoms with Gasteiger partial charge in [-0.05, 0) is 12.5 Å². The highest BCUT2D eigenvalue weighted by Gasteiger charge is 2.27. The van der Waals surface area contributed by atoms with Crippen molar-refractivity contribution < 1.29 is 15.0 Å². The number of carboxylic acid groups (broad SMARTS) is 1. The number of hydrogen-bond acceptors (Lipinski definition) is 3. The van der Waals surface area contributed by atoms with Gasteiger partial charge in [-0.1, -0.05) is 30.3 Å². The summed E-state index contributed by atoms with van der Waals surface area (Å²) in [6.07, 6.45) is 0.0788. The van der Waals surface area contributed by atoms with Crippen molar-refractivity contribution in [1.82, 2.24) is 0 Å². The minimum Gasteiger partial charge on any atom is -0.481 e.